The first-order valence-corrected chi connectivity index (χ1v) is 9.56. The Kier molecular flexibility index (Phi) is 8.02. The van der Waals surface area contributed by atoms with Crippen molar-refractivity contribution in [3.63, 3.8) is 0 Å². The predicted molar refractivity (Wildman–Crippen MR) is 100 cm³/mol. The van der Waals surface area contributed by atoms with E-state index >= 15 is 0 Å². The number of halogens is 1. The minimum absolute atomic E-state index is 0.416. The fourth-order valence-corrected chi connectivity index (χ4v) is 3.83. The van der Waals surface area contributed by atoms with Gasteiger partial charge in [-0.1, -0.05) is 64.7 Å². The zero-order chi connectivity index (χ0) is 15.9. The van der Waals surface area contributed by atoms with Crippen LogP contribution < -0.4 is 0 Å². The SMILES string of the molecule is CC1=CCC[C@@H](C)[C@]1(C)CC/C(C)=C/CC/C(C)=C/CBr. The van der Waals surface area contributed by atoms with Gasteiger partial charge in [0.1, 0.15) is 0 Å². The minimum atomic E-state index is 0.416. The molecule has 0 amide bonds. The first kappa shape index (κ1) is 18.7. The Labute approximate surface area is 140 Å². The second kappa shape index (κ2) is 8.98. The van der Waals surface area contributed by atoms with Crippen LogP contribution in [0.15, 0.2) is 34.9 Å². The molecule has 0 radical (unpaired) electrons. The van der Waals surface area contributed by atoms with Gasteiger partial charge >= 0.3 is 0 Å². The van der Waals surface area contributed by atoms with Crippen molar-refractivity contribution in [1.29, 1.82) is 0 Å². The molecular weight excluding hydrogens is 320 g/mol. The molecule has 0 N–H and O–H groups in total. The van der Waals surface area contributed by atoms with Crippen molar-refractivity contribution in [3.05, 3.63) is 34.9 Å². The lowest BCUT2D eigenvalue weighted by molar-refractivity contribution is 0.211. The van der Waals surface area contributed by atoms with Gasteiger partial charge in [-0.05, 0) is 70.6 Å². The van der Waals surface area contributed by atoms with Crippen molar-refractivity contribution in [2.75, 3.05) is 5.33 Å². The molecule has 0 aliphatic heterocycles. The van der Waals surface area contributed by atoms with Crippen molar-refractivity contribution in [1.82, 2.24) is 0 Å². The Morgan fingerprint density at radius 2 is 1.95 bits per heavy atom. The summed E-state index contributed by atoms with van der Waals surface area (Å²) in [5, 5.41) is 0.976. The second-order valence-corrected chi connectivity index (χ2v) is 7.72. The van der Waals surface area contributed by atoms with Gasteiger partial charge in [0, 0.05) is 5.33 Å². The van der Waals surface area contributed by atoms with Crippen LogP contribution in [-0.2, 0) is 0 Å². The van der Waals surface area contributed by atoms with Gasteiger partial charge in [-0.2, -0.15) is 0 Å². The summed E-state index contributed by atoms with van der Waals surface area (Å²) in [7, 11) is 0. The van der Waals surface area contributed by atoms with Crippen LogP contribution in [0.25, 0.3) is 0 Å². The third kappa shape index (κ3) is 5.77. The van der Waals surface area contributed by atoms with Gasteiger partial charge in [-0.15, -0.1) is 0 Å². The Hall–Kier alpha value is -0.300. The van der Waals surface area contributed by atoms with E-state index in [1.807, 2.05) is 0 Å². The molecule has 0 unspecified atom stereocenters. The summed E-state index contributed by atoms with van der Waals surface area (Å²) in [4.78, 5) is 0. The van der Waals surface area contributed by atoms with E-state index in [1.54, 1.807) is 11.1 Å². The van der Waals surface area contributed by atoms with E-state index in [9.17, 15) is 0 Å². The van der Waals surface area contributed by atoms with E-state index in [2.05, 4.69) is 68.8 Å². The third-order valence-electron chi connectivity index (χ3n) is 5.53. The van der Waals surface area contributed by atoms with Crippen LogP contribution in [-0.4, -0.2) is 5.33 Å². The highest BCUT2D eigenvalue weighted by Gasteiger charge is 2.34. The van der Waals surface area contributed by atoms with Crippen molar-refractivity contribution in [2.45, 2.75) is 73.1 Å². The van der Waals surface area contributed by atoms with Gasteiger partial charge in [-0.25, -0.2) is 0 Å². The van der Waals surface area contributed by atoms with E-state index in [0.717, 1.165) is 11.2 Å². The van der Waals surface area contributed by atoms with Crippen LogP contribution in [0.4, 0.5) is 0 Å². The summed E-state index contributed by atoms with van der Waals surface area (Å²) < 4.78 is 0. The van der Waals surface area contributed by atoms with Crippen LogP contribution in [0.5, 0.6) is 0 Å². The highest BCUT2D eigenvalue weighted by Crippen LogP contribution is 2.45. The van der Waals surface area contributed by atoms with Gasteiger partial charge in [0.2, 0.25) is 0 Å². The first-order chi connectivity index (χ1) is 9.90. The molecule has 21 heavy (non-hydrogen) atoms. The van der Waals surface area contributed by atoms with Crippen molar-refractivity contribution < 1.29 is 0 Å². The standard InChI is InChI=1S/C20H33Br/c1-16(8-6-9-17(2)13-15-21)12-14-20(5)18(3)10-7-11-19(20)4/h8,10,13,19H,6-7,9,11-12,14-15H2,1-5H3/b16-8+,17-13+/t19-,20-/m1/s1. The van der Waals surface area contributed by atoms with Crippen LogP contribution >= 0.6 is 15.9 Å². The highest BCUT2D eigenvalue weighted by molar-refractivity contribution is 9.09. The Morgan fingerprint density at radius 3 is 2.57 bits per heavy atom. The van der Waals surface area contributed by atoms with Crippen LogP contribution in [0, 0.1) is 11.3 Å². The topological polar surface area (TPSA) is 0 Å². The molecule has 120 valence electrons. The molecule has 0 nitrogen and oxygen atoms in total. The number of hydrogen-bond donors (Lipinski definition) is 0. The lowest BCUT2D eigenvalue weighted by atomic mass is 9.65. The smallest absolute Gasteiger partial charge is 0.0214 e. The Balaban J connectivity index is 2.48. The lowest BCUT2D eigenvalue weighted by Crippen LogP contribution is -2.29. The zero-order valence-corrected chi connectivity index (χ0v) is 16.2. The largest absolute Gasteiger partial charge is 0.0883 e. The molecule has 1 rings (SSSR count). The maximum atomic E-state index is 3.46. The number of hydrogen-bond acceptors (Lipinski definition) is 0. The van der Waals surface area contributed by atoms with Gasteiger partial charge < -0.3 is 0 Å². The van der Waals surface area contributed by atoms with Crippen LogP contribution in [0.2, 0.25) is 0 Å². The number of allylic oxidation sites excluding steroid dienone is 6. The zero-order valence-electron chi connectivity index (χ0n) is 14.6. The normalized spacial score (nSPS) is 27.7. The van der Waals surface area contributed by atoms with Crippen molar-refractivity contribution in [3.8, 4) is 0 Å². The minimum Gasteiger partial charge on any atom is -0.0883 e. The van der Waals surface area contributed by atoms with Crippen LogP contribution in [0.3, 0.4) is 0 Å². The highest BCUT2D eigenvalue weighted by atomic mass is 79.9. The molecule has 0 aromatic heterocycles. The molecule has 0 saturated heterocycles. The van der Waals surface area contributed by atoms with Gasteiger partial charge in [0.25, 0.3) is 0 Å². The number of rotatable bonds is 7. The monoisotopic (exact) mass is 352 g/mol. The summed E-state index contributed by atoms with van der Waals surface area (Å²) in [5.74, 6) is 0.819. The molecule has 2 atom stereocenters. The average Bonchev–Trinajstić information content (AvgIpc) is 2.43. The quantitative estimate of drug-likeness (QED) is 0.335. The maximum Gasteiger partial charge on any atom is 0.0214 e. The molecule has 1 heteroatoms. The molecule has 1 aliphatic carbocycles. The Bertz CT molecular complexity index is 414. The van der Waals surface area contributed by atoms with E-state index < -0.39 is 0 Å². The van der Waals surface area contributed by atoms with E-state index in [1.165, 1.54) is 44.1 Å². The van der Waals surface area contributed by atoms with Crippen LogP contribution in [0.1, 0.15) is 73.1 Å². The molecule has 0 saturated carbocycles. The maximum absolute atomic E-state index is 3.46. The van der Waals surface area contributed by atoms with Gasteiger partial charge in [-0.3, -0.25) is 0 Å². The van der Waals surface area contributed by atoms with E-state index in [4.69, 9.17) is 0 Å². The molecular formula is C20H33Br. The first-order valence-electron chi connectivity index (χ1n) is 8.44. The van der Waals surface area contributed by atoms with Crippen molar-refractivity contribution >= 4 is 15.9 Å². The fourth-order valence-electron chi connectivity index (χ4n) is 3.27. The summed E-state index contributed by atoms with van der Waals surface area (Å²) in [6.07, 6.45) is 14.7. The summed E-state index contributed by atoms with van der Waals surface area (Å²) in [6.45, 7) is 11.8. The predicted octanol–water partition coefficient (Wildman–Crippen LogP) is 7.22. The van der Waals surface area contributed by atoms with E-state index in [-0.39, 0.29) is 0 Å². The van der Waals surface area contributed by atoms with Crippen molar-refractivity contribution in [2.24, 2.45) is 11.3 Å². The third-order valence-corrected chi connectivity index (χ3v) is 5.86. The average molecular weight is 353 g/mol. The molecule has 0 fully saturated rings. The summed E-state index contributed by atoms with van der Waals surface area (Å²) in [6, 6.07) is 0. The summed E-state index contributed by atoms with van der Waals surface area (Å²) >= 11 is 3.46. The van der Waals surface area contributed by atoms with E-state index in [0.29, 0.717) is 5.41 Å². The fraction of sp³-hybridized carbons (Fsp3) is 0.700. The molecule has 0 bridgehead atoms. The second-order valence-electron chi connectivity index (χ2n) is 7.08. The number of alkyl halides is 1. The van der Waals surface area contributed by atoms with Gasteiger partial charge in [0.15, 0.2) is 0 Å². The summed E-state index contributed by atoms with van der Waals surface area (Å²) in [5.41, 5.74) is 5.08. The molecule has 0 aromatic carbocycles. The molecule has 0 aromatic rings. The van der Waals surface area contributed by atoms with Gasteiger partial charge in [0.05, 0.1) is 0 Å². The molecule has 0 spiro atoms. The molecule has 0 heterocycles. The Morgan fingerprint density at radius 1 is 1.29 bits per heavy atom. The lowest BCUT2D eigenvalue weighted by Gasteiger charge is -2.40. The molecule has 1 aliphatic rings.